The van der Waals surface area contributed by atoms with Gasteiger partial charge in [-0.15, -0.1) is 0 Å². The van der Waals surface area contributed by atoms with Gasteiger partial charge in [0, 0.05) is 18.9 Å². The summed E-state index contributed by atoms with van der Waals surface area (Å²) in [5.74, 6) is 0.474. The van der Waals surface area contributed by atoms with E-state index in [0.29, 0.717) is 24.7 Å². The number of phenolic OH excluding ortho intramolecular Hbond substituents is 1. The Bertz CT molecular complexity index is 276. The quantitative estimate of drug-likeness (QED) is 0.540. The van der Waals surface area contributed by atoms with E-state index in [-0.39, 0.29) is 5.75 Å². The van der Waals surface area contributed by atoms with Gasteiger partial charge in [-0.1, -0.05) is 0 Å². The van der Waals surface area contributed by atoms with Crippen LogP contribution in [0.4, 0.5) is 5.69 Å². The molecule has 0 amide bonds. The van der Waals surface area contributed by atoms with Crippen LogP contribution < -0.4 is 10.5 Å². The van der Waals surface area contributed by atoms with Gasteiger partial charge >= 0.3 is 0 Å². The van der Waals surface area contributed by atoms with Crippen molar-refractivity contribution in [2.24, 2.45) is 0 Å². The average molecular weight is 183 g/mol. The maximum absolute atomic E-state index is 9.34. The summed E-state index contributed by atoms with van der Waals surface area (Å²) in [6.45, 7) is 0.901. The van der Waals surface area contributed by atoms with Crippen molar-refractivity contribution in [1.29, 1.82) is 0 Å². The third kappa shape index (κ3) is 2.83. The molecule has 0 unspecified atom stereocenters. The lowest BCUT2D eigenvalue weighted by atomic mass is 10.3. The van der Waals surface area contributed by atoms with E-state index in [9.17, 15) is 5.11 Å². The van der Waals surface area contributed by atoms with Crippen molar-refractivity contribution in [2.75, 3.05) is 26.1 Å². The zero-order valence-electron chi connectivity index (χ0n) is 7.49. The smallest absolute Gasteiger partial charge is 0.161 e. The highest BCUT2D eigenvalue weighted by Gasteiger charge is 2.01. The summed E-state index contributed by atoms with van der Waals surface area (Å²) < 4.78 is 10.00. The highest BCUT2D eigenvalue weighted by atomic mass is 16.5. The molecule has 0 aliphatic heterocycles. The van der Waals surface area contributed by atoms with Crippen molar-refractivity contribution in [3.05, 3.63) is 18.2 Å². The zero-order chi connectivity index (χ0) is 9.68. The molecule has 1 rings (SSSR count). The number of nitrogens with two attached hydrogens (primary N) is 1. The van der Waals surface area contributed by atoms with Gasteiger partial charge in [0.1, 0.15) is 6.61 Å². The summed E-state index contributed by atoms with van der Waals surface area (Å²) in [6, 6.07) is 4.74. The first kappa shape index (κ1) is 9.67. The minimum atomic E-state index is 0.0519. The van der Waals surface area contributed by atoms with Crippen LogP contribution in [0.1, 0.15) is 0 Å². The largest absolute Gasteiger partial charge is 0.504 e. The van der Waals surface area contributed by atoms with Gasteiger partial charge < -0.3 is 20.3 Å². The SMILES string of the molecule is COCCOc1ccc(N)cc1O. The number of benzene rings is 1. The first-order valence-corrected chi connectivity index (χ1v) is 3.94. The summed E-state index contributed by atoms with van der Waals surface area (Å²) in [7, 11) is 1.59. The second-order valence-corrected chi connectivity index (χ2v) is 2.57. The zero-order valence-corrected chi connectivity index (χ0v) is 7.49. The second kappa shape index (κ2) is 4.57. The van der Waals surface area contributed by atoms with Gasteiger partial charge in [-0.05, 0) is 12.1 Å². The third-order valence-corrected chi connectivity index (χ3v) is 1.53. The molecule has 1 aromatic carbocycles. The molecule has 0 aliphatic carbocycles. The first-order chi connectivity index (χ1) is 6.24. The predicted octanol–water partition coefficient (Wildman–Crippen LogP) is 1.000. The molecule has 13 heavy (non-hydrogen) atoms. The number of hydrogen-bond donors (Lipinski definition) is 2. The van der Waals surface area contributed by atoms with Crippen LogP contribution in [0.3, 0.4) is 0 Å². The number of anilines is 1. The van der Waals surface area contributed by atoms with Crippen LogP contribution in [0.5, 0.6) is 11.5 Å². The molecule has 0 aliphatic rings. The molecule has 0 aromatic heterocycles. The fraction of sp³-hybridized carbons (Fsp3) is 0.333. The van der Waals surface area contributed by atoms with Gasteiger partial charge in [0.15, 0.2) is 11.5 Å². The van der Waals surface area contributed by atoms with Crippen molar-refractivity contribution < 1.29 is 14.6 Å². The van der Waals surface area contributed by atoms with Crippen LogP contribution in [0, 0.1) is 0 Å². The van der Waals surface area contributed by atoms with E-state index < -0.39 is 0 Å². The molecular formula is C9H13NO3. The van der Waals surface area contributed by atoms with E-state index in [1.165, 1.54) is 6.07 Å². The number of methoxy groups -OCH3 is 1. The van der Waals surface area contributed by atoms with Crippen molar-refractivity contribution in [3.63, 3.8) is 0 Å². The Morgan fingerprint density at radius 1 is 1.38 bits per heavy atom. The molecule has 1 aromatic rings. The van der Waals surface area contributed by atoms with Gasteiger partial charge in [0.05, 0.1) is 6.61 Å². The predicted molar refractivity (Wildman–Crippen MR) is 49.9 cm³/mol. The van der Waals surface area contributed by atoms with Gasteiger partial charge in [0.25, 0.3) is 0 Å². The Labute approximate surface area is 76.9 Å². The second-order valence-electron chi connectivity index (χ2n) is 2.57. The van der Waals surface area contributed by atoms with Crippen LogP contribution in [0.15, 0.2) is 18.2 Å². The molecule has 0 radical (unpaired) electrons. The van der Waals surface area contributed by atoms with E-state index in [0.717, 1.165) is 0 Å². The van der Waals surface area contributed by atoms with Crippen molar-refractivity contribution >= 4 is 5.69 Å². The molecule has 0 heterocycles. The standard InChI is InChI=1S/C9H13NO3/c1-12-4-5-13-9-3-2-7(10)6-8(9)11/h2-3,6,11H,4-5,10H2,1H3. The van der Waals surface area contributed by atoms with Gasteiger partial charge in [-0.25, -0.2) is 0 Å². The molecule has 0 saturated heterocycles. The Morgan fingerprint density at radius 2 is 2.15 bits per heavy atom. The Hall–Kier alpha value is -1.42. The van der Waals surface area contributed by atoms with E-state index >= 15 is 0 Å². The molecule has 0 atom stereocenters. The maximum Gasteiger partial charge on any atom is 0.161 e. The number of nitrogen functional groups attached to an aromatic ring is 1. The van der Waals surface area contributed by atoms with Crippen molar-refractivity contribution in [1.82, 2.24) is 0 Å². The average Bonchev–Trinajstić information content (AvgIpc) is 2.09. The maximum atomic E-state index is 9.34. The molecule has 3 N–H and O–H groups in total. The minimum absolute atomic E-state index is 0.0519. The van der Waals surface area contributed by atoms with Gasteiger partial charge in [0.2, 0.25) is 0 Å². The number of phenols is 1. The molecule has 0 saturated carbocycles. The summed E-state index contributed by atoms with van der Waals surface area (Å²) >= 11 is 0. The van der Waals surface area contributed by atoms with Crippen LogP contribution >= 0.6 is 0 Å². The lowest BCUT2D eigenvalue weighted by molar-refractivity contribution is 0.144. The Morgan fingerprint density at radius 3 is 2.77 bits per heavy atom. The molecule has 4 nitrogen and oxygen atoms in total. The van der Waals surface area contributed by atoms with Crippen LogP contribution in [-0.2, 0) is 4.74 Å². The monoisotopic (exact) mass is 183 g/mol. The molecular weight excluding hydrogens is 170 g/mol. The van der Waals surface area contributed by atoms with Crippen molar-refractivity contribution in [2.45, 2.75) is 0 Å². The van der Waals surface area contributed by atoms with Crippen LogP contribution in [-0.4, -0.2) is 25.4 Å². The number of rotatable bonds is 4. The highest BCUT2D eigenvalue weighted by Crippen LogP contribution is 2.27. The molecule has 4 heteroatoms. The van der Waals surface area contributed by atoms with Crippen molar-refractivity contribution in [3.8, 4) is 11.5 Å². The lowest BCUT2D eigenvalue weighted by Crippen LogP contribution is -2.04. The highest BCUT2D eigenvalue weighted by molar-refractivity contribution is 5.51. The Balaban J connectivity index is 2.56. The van der Waals surface area contributed by atoms with Gasteiger partial charge in [-0.3, -0.25) is 0 Å². The Kier molecular flexibility index (Phi) is 3.40. The van der Waals surface area contributed by atoms with Crippen LogP contribution in [0.2, 0.25) is 0 Å². The van der Waals surface area contributed by atoms with E-state index in [1.54, 1.807) is 19.2 Å². The normalized spacial score (nSPS) is 9.92. The summed E-state index contributed by atoms with van der Waals surface area (Å²) in [5.41, 5.74) is 5.95. The number of ether oxygens (including phenoxy) is 2. The fourth-order valence-corrected chi connectivity index (χ4v) is 0.891. The van der Waals surface area contributed by atoms with E-state index in [1.807, 2.05) is 0 Å². The fourth-order valence-electron chi connectivity index (χ4n) is 0.891. The number of hydrogen-bond acceptors (Lipinski definition) is 4. The topological polar surface area (TPSA) is 64.7 Å². The molecule has 0 fully saturated rings. The lowest BCUT2D eigenvalue weighted by Gasteiger charge is -2.07. The number of aromatic hydroxyl groups is 1. The minimum Gasteiger partial charge on any atom is -0.504 e. The molecule has 0 spiro atoms. The molecule has 0 bridgehead atoms. The summed E-state index contributed by atoms with van der Waals surface area (Å²) in [6.07, 6.45) is 0. The third-order valence-electron chi connectivity index (χ3n) is 1.53. The van der Waals surface area contributed by atoms with E-state index in [2.05, 4.69) is 0 Å². The summed E-state index contributed by atoms with van der Waals surface area (Å²) in [5, 5.41) is 9.34. The first-order valence-electron chi connectivity index (χ1n) is 3.94. The van der Waals surface area contributed by atoms with Gasteiger partial charge in [-0.2, -0.15) is 0 Å². The van der Waals surface area contributed by atoms with E-state index in [4.69, 9.17) is 15.2 Å². The van der Waals surface area contributed by atoms with Crippen LogP contribution in [0.25, 0.3) is 0 Å². The molecule has 72 valence electrons. The summed E-state index contributed by atoms with van der Waals surface area (Å²) in [4.78, 5) is 0.